The number of aromatic nitrogens is 3. The molecule has 1 aliphatic rings. The molecule has 3 heterocycles. The van der Waals surface area contributed by atoms with Crippen molar-refractivity contribution in [1.82, 2.24) is 19.7 Å². The van der Waals surface area contributed by atoms with E-state index >= 15 is 0 Å². The van der Waals surface area contributed by atoms with Crippen LogP contribution in [-0.2, 0) is 23.0 Å². The number of nitrogens with zero attached hydrogens (tertiary/aromatic N) is 4. The number of carbonyl (C=O) groups excluding carboxylic acids is 1. The van der Waals surface area contributed by atoms with Crippen LogP contribution in [0.1, 0.15) is 23.9 Å². The summed E-state index contributed by atoms with van der Waals surface area (Å²) in [7, 11) is 3.73. The molecule has 1 amide bonds. The maximum atomic E-state index is 12.8. The second-order valence-electron chi connectivity index (χ2n) is 5.90. The number of aryl methyl sites for hydroxylation is 1. The van der Waals surface area contributed by atoms with Crippen LogP contribution in [0.5, 0.6) is 0 Å². The summed E-state index contributed by atoms with van der Waals surface area (Å²) in [6.07, 6.45) is 4.83. The van der Waals surface area contributed by atoms with Gasteiger partial charge in [-0.2, -0.15) is 5.10 Å². The number of hydrogen-bond donors (Lipinski definition) is 0. The molecule has 2 aromatic heterocycles. The van der Waals surface area contributed by atoms with Gasteiger partial charge in [0.05, 0.1) is 11.6 Å². The molecule has 6 nitrogen and oxygen atoms in total. The Labute approximate surface area is 136 Å². The van der Waals surface area contributed by atoms with E-state index in [1.807, 2.05) is 38.4 Å². The van der Waals surface area contributed by atoms with E-state index in [2.05, 4.69) is 10.1 Å². The maximum absolute atomic E-state index is 12.8. The van der Waals surface area contributed by atoms with Gasteiger partial charge in [0, 0.05) is 51.8 Å². The standard InChI is InChI=1S/C17H22N4O2/c1-20(11-7-13-5-3-4-9-18-13)17(22)14-8-12-23-16(14)15-6-10-19-21(15)2/h3-6,9-10,14,16H,7-8,11-12H2,1-2H3/t14-,16-/m1/s1. The van der Waals surface area contributed by atoms with E-state index in [1.54, 1.807) is 22.0 Å². The average Bonchev–Trinajstić information content (AvgIpc) is 3.21. The molecular weight excluding hydrogens is 292 g/mol. The lowest BCUT2D eigenvalue weighted by Gasteiger charge is -2.24. The first-order chi connectivity index (χ1) is 11.2. The third kappa shape index (κ3) is 3.42. The molecule has 1 aliphatic heterocycles. The molecule has 0 radical (unpaired) electrons. The van der Waals surface area contributed by atoms with Crippen molar-refractivity contribution in [1.29, 1.82) is 0 Å². The highest BCUT2D eigenvalue weighted by molar-refractivity contribution is 5.79. The molecule has 0 saturated carbocycles. The zero-order valence-electron chi connectivity index (χ0n) is 13.6. The molecule has 2 atom stereocenters. The fourth-order valence-corrected chi connectivity index (χ4v) is 3.02. The van der Waals surface area contributed by atoms with Crippen molar-refractivity contribution in [3.8, 4) is 0 Å². The molecule has 0 aromatic carbocycles. The van der Waals surface area contributed by atoms with Gasteiger partial charge >= 0.3 is 0 Å². The lowest BCUT2D eigenvalue weighted by atomic mass is 9.97. The van der Waals surface area contributed by atoms with E-state index in [9.17, 15) is 4.79 Å². The normalized spacial score (nSPS) is 20.6. The first-order valence-corrected chi connectivity index (χ1v) is 7.91. The monoisotopic (exact) mass is 314 g/mol. The van der Waals surface area contributed by atoms with Gasteiger partial charge < -0.3 is 9.64 Å². The van der Waals surface area contributed by atoms with Crippen LogP contribution < -0.4 is 0 Å². The first kappa shape index (κ1) is 15.7. The molecule has 0 spiro atoms. The summed E-state index contributed by atoms with van der Waals surface area (Å²) in [4.78, 5) is 18.9. The number of rotatable bonds is 5. The Balaban J connectivity index is 1.63. The minimum Gasteiger partial charge on any atom is -0.371 e. The molecule has 0 N–H and O–H groups in total. The molecule has 0 unspecified atom stereocenters. The molecule has 122 valence electrons. The van der Waals surface area contributed by atoms with Crippen LogP contribution in [-0.4, -0.2) is 45.8 Å². The number of pyridine rings is 1. The topological polar surface area (TPSA) is 60.3 Å². The van der Waals surface area contributed by atoms with Gasteiger partial charge in [-0.05, 0) is 24.6 Å². The second-order valence-corrected chi connectivity index (χ2v) is 5.90. The first-order valence-electron chi connectivity index (χ1n) is 7.91. The molecule has 0 bridgehead atoms. The quantitative estimate of drug-likeness (QED) is 0.841. The Hall–Kier alpha value is -2.21. The summed E-state index contributed by atoms with van der Waals surface area (Å²) in [5.74, 6) is -0.0104. The van der Waals surface area contributed by atoms with Gasteiger partial charge in [0.15, 0.2) is 0 Å². The van der Waals surface area contributed by atoms with Gasteiger partial charge in [-0.3, -0.25) is 14.5 Å². The minimum absolute atomic E-state index is 0.129. The van der Waals surface area contributed by atoms with E-state index in [4.69, 9.17) is 4.74 Å². The van der Waals surface area contributed by atoms with Gasteiger partial charge in [0.2, 0.25) is 5.91 Å². The van der Waals surface area contributed by atoms with Gasteiger partial charge in [-0.1, -0.05) is 6.07 Å². The van der Waals surface area contributed by atoms with Crippen LogP contribution in [0.4, 0.5) is 0 Å². The molecule has 1 saturated heterocycles. The largest absolute Gasteiger partial charge is 0.371 e. The van der Waals surface area contributed by atoms with Crippen LogP contribution in [0.2, 0.25) is 0 Å². The summed E-state index contributed by atoms with van der Waals surface area (Å²) in [5, 5.41) is 4.18. The maximum Gasteiger partial charge on any atom is 0.228 e. The van der Waals surface area contributed by atoms with Crippen LogP contribution in [0, 0.1) is 5.92 Å². The van der Waals surface area contributed by atoms with Crippen LogP contribution >= 0.6 is 0 Å². The fraction of sp³-hybridized carbons (Fsp3) is 0.471. The summed E-state index contributed by atoms with van der Waals surface area (Å²) in [5.41, 5.74) is 1.96. The summed E-state index contributed by atoms with van der Waals surface area (Å²) >= 11 is 0. The predicted octanol–water partition coefficient (Wildman–Crippen LogP) is 1.59. The van der Waals surface area contributed by atoms with Crippen LogP contribution in [0.15, 0.2) is 36.7 Å². The number of amides is 1. The number of hydrogen-bond acceptors (Lipinski definition) is 4. The minimum atomic E-state index is -0.202. The SMILES string of the molecule is CN(CCc1ccccn1)C(=O)[C@@H]1CCO[C@H]1c1ccnn1C. The molecule has 3 rings (SSSR count). The molecule has 1 fully saturated rings. The smallest absolute Gasteiger partial charge is 0.228 e. The van der Waals surface area contributed by atoms with E-state index in [-0.39, 0.29) is 17.9 Å². The number of carbonyl (C=O) groups is 1. The second kappa shape index (κ2) is 6.91. The number of likely N-dealkylation sites (N-methyl/N-ethyl adjacent to an activating group) is 1. The van der Waals surface area contributed by atoms with Crippen molar-refractivity contribution < 1.29 is 9.53 Å². The summed E-state index contributed by atoms with van der Waals surface area (Å²) in [6.45, 7) is 1.27. The van der Waals surface area contributed by atoms with Gasteiger partial charge in [0.1, 0.15) is 6.10 Å². The van der Waals surface area contributed by atoms with E-state index in [1.165, 1.54) is 0 Å². The van der Waals surface area contributed by atoms with Crippen LogP contribution in [0.25, 0.3) is 0 Å². The Morgan fingerprint density at radius 2 is 2.26 bits per heavy atom. The Kier molecular flexibility index (Phi) is 4.71. The Morgan fingerprint density at radius 3 is 2.96 bits per heavy atom. The highest BCUT2D eigenvalue weighted by Crippen LogP contribution is 2.35. The van der Waals surface area contributed by atoms with Gasteiger partial charge in [-0.15, -0.1) is 0 Å². The van der Waals surface area contributed by atoms with Crippen molar-refractivity contribution in [2.45, 2.75) is 18.9 Å². The zero-order chi connectivity index (χ0) is 16.2. The Morgan fingerprint density at radius 1 is 1.39 bits per heavy atom. The molecule has 2 aromatic rings. The van der Waals surface area contributed by atoms with Gasteiger partial charge in [-0.25, -0.2) is 0 Å². The highest BCUT2D eigenvalue weighted by atomic mass is 16.5. The number of ether oxygens (including phenoxy) is 1. The van der Waals surface area contributed by atoms with E-state index in [0.717, 1.165) is 24.2 Å². The average molecular weight is 314 g/mol. The predicted molar refractivity (Wildman–Crippen MR) is 85.6 cm³/mol. The lowest BCUT2D eigenvalue weighted by molar-refractivity contribution is -0.136. The van der Waals surface area contributed by atoms with E-state index in [0.29, 0.717) is 13.2 Å². The van der Waals surface area contributed by atoms with Crippen molar-refractivity contribution in [2.75, 3.05) is 20.2 Å². The van der Waals surface area contributed by atoms with Crippen LogP contribution in [0.3, 0.4) is 0 Å². The summed E-state index contributed by atoms with van der Waals surface area (Å²) in [6, 6.07) is 7.76. The van der Waals surface area contributed by atoms with E-state index < -0.39 is 0 Å². The molecule has 6 heteroatoms. The third-order valence-electron chi connectivity index (χ3n) is 4.36. The van der Waals surface area contributed by atoms with Gasteiger partial charge in [0.25, 0.3) is 0 Å². The van der Waals surface area contributed by atoms with Crippen molar-refractivity contribution >= 4 is 5.91 Å². The van der Waals surface area contributed by atoms with Crippen molar-refractivity contribution in [3.63, 3.8) is 0 Å². The highest BCUT2D eigenvalue weighted by Gasteiger charge is 2.38. The molecular formula is C17H22N4O2. The fourth-order valence-electron chi connectivity index (χ4n) is 3.02. The summed E-state index contributed by atoms with van der Waals surface area (Å²) < 4.78 is 7.59. The molecule has 0 aliphatic carbocycles. The van der Waals surface area contributed by atoms with Crippen molar-refractivity contribution in [2.24, 2.45) is 13.0 Å². The lowest BCUT2D eigenvalue weighted by Crippen LogP contribution is -2.36. The third-order valence-corrected chi connectivity index (χ3v) is 4.36. The molecule has 23 heavy (non-hydrogen) atoms. The Bertz CT molecular complexity index is 656. The zero-order valence-corrected chi connectivity index (χ0v) is 13.6. The van der Waals surface area contributed by atoms with Crippen molar-refractivity contribution in [3.05, 3.63) is 48.0 Å².